The molecule has 0 radical (unpaired) electrons. The predicted molar refractivity (Wildman–Crippen MR) is 116 cm³/mol. The number of fused-ring (bicyclic) bond motifs is 1. The number of hydrogen-bond donors (Lipinski definition) is 1. The Hall–Kier alpha value is -3.49. The zero-order valence-corrected chi connectivity index (χ0v) is 17.7. The van der Waals surface area contributed by atoms with Crippen molar-refractivity contribution < 1.29 is 27.1 Å². The highest BCUT2D eigenvalue weighted by Crippen LogP contribution is 2.35. The van der Waals surface area contributed by atoms with Gasteiger partial charge in [-0.05, 0) is 36.4 Å². The molecule has 4 aromatic rings. The van der Waals surface area contributed by atoms with Crippen molar-refractivity contribution in [2.45, 2.75) is 5.09 Å². The summed E-state index contributed by atoms with van der Waals surface area (Å²) in [4.78, 5) is 12.0. The monoisotopic (exact) mass is 457 g/mol. The molecule has 1 heterocycles. The van der Waals surface area contributed by atoms with Gasteiger partial charge in [0.05, 0.1) is 12.8 Å². The number of rotatable bonds is 6. The number of esters is 1. The molecule has 0 atom stereocenters. The lowest BCUT2D eigenvalue weighted by atomic mass is 10.2. The normalized spacial score (nSPS) is 11.3. The first kappa shape index (κ1) is 20.8. The zero-order valence-electron chi connectivity index (χ0n) is 16.2. The van der Waals surface area contributed by atoms with E-state index in [1.807, 2.05) is 0 Å². The average molecular weight is 458 g/mol. The minimum atomic E-state index is -4.08. The molecule has 0 aliphatic heterocycles. The number of carbonyl (C=O) groups excluding carboxylic acids is 1. The molecule has 31 heavy (non-hydrogen) atoms. The van der Waals surface area contributed by atoms with Gasteiger partial charge in [0, 0.05) is 16.5 Å². The summed E-state index contributed by atoms with van der Waals surface area (Å²) in [5.41, 5.74) is 0.705. The van der Waals surface area contributed by atoms with Gasteiger partial charge in [-0.25, -0.2) is 4.79 Å². The number of benzene rings is 3. The van der Waals surface area contributed by atoms with Crippen molar-refractivity contribution in [1.82, 2.24) is 0 Å². The Bertz CT molecular complexity index is 1350. The van der Waals surface area contributed by atoms with Crippen LogP contribution in [0.3, 0.4) is 0 Å². The summed E-state index contributed by atoms with van der Waals surface area (Å²) in [6.45, 7) is 0. The minimum Gasteiger partial charge on any atom is -0.465 e. The van der Waals surface area contributed by atoms with Gasteiger partial charge in [0.25, 0.3) is 10.0 Å². The van der Waals surface area contributed by atoms with Gasteiger partial charge in [-0.2, -0.15) is 8.42 Å². The highest BCUT2D eigenvalue weighted by molar-refractivity contribution is 7.92. The van der Waals surface area contributed by atoms with Crippen molar-refractivity contribution in [2.75, 3.05) is 11.8 Å². The van der Waals surface area contributed by atoms with Crippen molar-refractivity contribution >= 4 is 44.3 Å². The number of para-hydroxylation sites is 2. The third-order valence-corrected chi connectivity index (χ3v) is 5.82. The summed E-state index contributed by atoms with van der Waals surface area (Å²) in [6, 6.07) is 19.2. The van der Waals surface area contributed by atoms with Crippen molar-refractivity contribution in [3.05, 3.63) is 83.4 Å². The van der Waals surface area contributed by atoms with Gasteiger partial charge in [0.15, 0.2) is 5.75 Å². The molecule has 0 fully saturated rings. The van der Waals surface area contributed by atoms with Crippen LogP contribution in [0.5, 0.6) is 11.5 Å². The second-order valence-electron chi connectivity index (χ2n) is 6.44. The minimum absolute atomic E-state index is 0.0765. The van der Waals surface area contributed by atoms with Gasteiger partial charge < -0.3 is 13.9 Å². The molecule has 0 aliphatic carbocycles. The lowest BCUT2D eigenvalue weighted by molar-refractivity contribution is 0.0598. The molecular formula is C22H16ClNO6S. The van der Waals surface area contributed by atoms with Gasteiger partial charge in [0.2, 0.25) is 5.09 Å². The SMILES string of the molecule is COC(=O)c1ccccc1Oc1ccc(Cl)cc1NS(=O)(=O)c1cc2ccccc2o1. The van der Waals surface area contributed by atoms with E-state index in [2.05, 4.69) is 4.72 Å². The predicted octanol–water partition coefficient (Wildman–Crippen LogP) is 5.47. The van der Waals surface area contributed by atoms with Gasteiger partial charge in [-0.15, -0.1) is 0 Å². The molecule has 158 valence electrons. The first-order chi connectivity index (χ1) is 14.9. The van der Waals surface area contributed by atoms with Crippen LogP contribution >= 0.6 is 11.6 Å². The summed E-state index contributed by atoms with van der Waals surface area (Å²) in [7, 11) is -2.83. The van der Waals surface area contributed by atoms with E-state index in [1.165, 1.54) is 37.4 Å². The molecular weight excluding hydrogens is 442 g/mol. The first-order valence-corrected chi connectivity index (χ1v) is 10.9. The van der Waals surface area contributed by atoms with Crippen LogP contribution in [0.25, 0.3) is 11.0 Å². The number of methoxy groups -OCH3 is 1. The van der Waals surface area contributed by atoms with E-state index < -0.39 is 16.0 Å². The standard InChI is InChI=1S/C22H16ClNO6S/c1-28-22(25)16-7-3-5-9-19(16)29-20-11-10-15(23)13-17(20)24-31(26,27)21-12-14-6-2-4-8-18(14)30-21/h2-13,24H,1H3. The molecule has 0 saturated carbocycles. The average Bonchev–Trinajstić information content (AvgIpc) is 3.21. The number of nitrogens with one attached hydrogen (secondary N) is 1. The van der Waals surface area contributed by atoms with Crippen LogP contribution in [0.15, 0.2) is 82.3 Å². The Morgan fingerprint density at radius 3 is 2.48 bits per heavy atom. The molecule has 1 aromatic heterocycles. The summed E-state index contributed by atoms with van der Waals surface area (Å²) in [5.74, 6) is -0.254. The van der Waals surface area contributed by atoms with E-state index in [9.17, 15) is 13.2 Å². The molecule has 9 heteroatoms. The number of hydrogen-bond acceptors (Lipinski definition) is 6. The van der Waals surface area contributed by atoms with Crippen molar-refractivity contribution in [3.63, 3.8) is 0 Å². The fourth-order valence-corrected chi connectivity index (χ4v) is 4.11. The first-order valence-electron chi connectivity index (χ1n) is 9.03. The highest BCUT2D eigenvalue weighted by Gasteiger charge is 2.22. The van der Waals surface area contributed by atoms with Crippen molar-refractivity contribution in [2.24, 2.45) is 0 Å². The molecule has 0 unspecified atom stereocenters. The number of sulfonamides is 1. The summed E-state index contributed by atoms with van der Waals surface area (Å²) in [5, 5.41) is 0.683. The Kier molecular flexibility index (Phi) is 5.58. The van der Waals surface area contributed by atoms with E-state index in [0.717, 1.165) is 0 Å². The van der Waals surface area contributed by atoms with Gasteiger partial charge in [0.1, 0.15) is 16.9 Å². The van der Waals surface area contributed by atoms with Crippen LogP contribution < -0.4 is 9.46 Å². The molecule has 3 aromatic carbocycles. The molecule has 4 rings (SSSR count). The summed E-state index contributed by atoms with van der Waals surface area (Å²) in [6.07, 6.45) is 0. The smallest absolute Gasteiger partial charge is 0.341 e. The summed E-state index contributed by atoms with van der Waals surface area (Å²) < 4.78 is 44.4. The number of furan rings is 1. The maximum Gasteiger partial charge on any atom is 0.341 e. The summed E-state index contributed by atoms with van der Waals surface area (Å²) >= 11 is 6.08. The quantitative estimate of drug-likeness (QED) is 0.386. The molecule has 1 N–H and O–H groups in total. The molecule has 0 saturated heterocycles. The number of carbonyl (C=O) groups is 1. The maximum absolute atomic E-state index is 12.9. The van der Waals surface area contributed by atoms with E-state index in [4.69, 9.17) is 25.5 Å². The second-order valence-corrected chi connectivity index (χ2v) is 8.49. The van der Waals surface area contributed by atoms with E-state index in [1.54, 1.807) is 42.5 Å². The molecule has 0 aliphatic rings. The number of anilines is 1. The highest BCUT2D eigenvalue weighted by atomic mass is 35.5. The Balaban J connectivity index is 1.70. The fraction of sp³-hybridized carbons (Fsp3) is 0.0455. The van der Waals surface area contributed by atoms with Crippen LogP contribution in [-0.2, 0) is 14.8 Å². The third kappa shape index (κ3) is 4.35. The third-order valence-electron chi connectivity index (χ3n) is 4.37. The number of ether oxygens (including phenoxy) is 2. The van der Waals surface area contributed by atoms with Crippen molar-refractivity contribution in [1.29, 1.82) is 0 Å². The van der Waals surface area contributed by atoms with E-state index in [0.29, 0.717) is 11.0 Å². The van der Waals surface area contributed by atoms with Crippen LogP contribution in [-0.4, -0.2) is 21.5 Å². The van der Waals surface area contributed by atoms with Gasteiger partial charge >= 0.3 is 5.97 Å². The van der Waals surface area contributed by atoms with Crippen LogP contribution in [0.1, 0.15) is 10.4 Å². The topological polar surface area (TPSA) is 94.8 Å². The maximum atomic E-state index is 12.9. The van der Waals surface area contributed by atoms with Gasteiger partial charge in [-0.1, -0.05) is 41.9 Å². The molecule has 7 nitrogen and oxygen atoms in total. The Morgan fingerprint density at radius 1 is 0.968 bits per heavy atom. The lowest BCUT2D eigenvalue weighted by Crippen LogP contribution is -2.13. The molecule has 0 spiro atoms. The second kappa shape index (κ2) is 8.33. The largest absolute Gasteiger partial charge is 0.465 e. The van der Waals surface area contributed by atoms with Crippen LogP contribution in [0, 0.1) is 0 Å². The molecule has 0 amide bonds. The zero-order chi connectivity index (χ0) is 22.0. The van der Waals surface area contributed by atoms with Crippen LogP contribution in [0.2, 0.25) is 5.02 Å². The number of halogens is 1. The fourth-order valence-electron chi connectivity index (χ4n) is 2.91. The van der Waals surface area contributed by atoms with Gasteiger partial charge in [-0.3, -0.25) is 4.72 Å². The molecule has 0 bridgehead atoms. The van der Waals surface area contributed by atoms with E-state index >= 15 is 0 Å². The Morgan fingerprint density at radius 2 is 1.71 bits per heavy atom. The lowest BCUT2D eigenvalue weighted by Gasteiger charge is -2.14. The van der Waals surface area contributed by atoms with E-state index in [-0.39, 0.29) is 32.9 Å². The van der Waals surface area contributed by atoms with Crippen molar-refractivity contribution in [3.8, 4) is 11.5 Å². The Labute approximate surface area is 183 Å². The van der Waals surface area contributed by atoms with Crippen LogP contribution in [0.4, 0.5) is 5.69 Å².